The predicted octanol–water partition coefficient (Wildman–Crippen LogP) is 6.69. The maximum absolute atomic E-state index is 11.9. The molecule has 2 aromatic carbocycles. The van der Waals surface area contributed by atoms with Crippen LogP contribution in [-0.4, -0.2) is 31.4 Å². The quantitative estimate of drug-likeness (QED) is 0.395. The zero-order valence-corrected chi connectivity index (χ0v) is 19.5. The Morgan fingerprint density at radius 3 is 2.77 bits per heavy atom. The Hall–Kier alpha value is -2.33. The maximum Gasteiger partial charge on any atom is 0.338 e. The average molecular weight is 427 g/mol. The number of anilines is 1. The molecule has 160 valence electrons. The Balaban J connectivity index is 2.00. The molecule has 0 N–H and O–H groups in total. The molecule has 0 saturated heterocycles. The molecular weight excluding hydrogens is 396 g/mol. The molecule has 1 aliphatic rings. The summed E-state index contributed by atoms with van der Waals surface area (Å²) in [6.07, 6.45) is 3.98. The Kier molecular flexibility index (Phi) is 6.56. The number of methoxy groups -OCH3 is 1. The molecule has 0 amide bonds. The molecule has 0 aliphatic carbocycles. The topological polar surface area (TPSA) is 41.9 Å². The summed E-state index contributed by atoms with van der Waals surface area (Å²) in [5, 5.41) is 0.685. The third kappa shape index (κ3) is 4.24. The van der Waals surface area contributed by atoms with Crippen molar-refractivity contribution < 1.29 is 9.53 Å². The maximum atomic E-state index is 11.9. The molecule has 0 saturated carbocycles. The molecule has 1 aliphatic heterocycles. The van der Waals surface area contributed by atoms with Crippen molar-refractivity contribution in [1.29, 1.82) is 0 Å². The lowest BCUT2D eigenvalue weighted by molar-refractivity contribution is 0.0600. The van der Waals surface area contributed by atoms with E-state index in [0.29, 0.717) is 16.5 Å². The minimum absolute atomic E-state index is 0.104. The Labute approximate surface area is 184 Å². The van der Waals surface area contributed by atoms with Gasteiger partial charge in [-0.05, 0) is 74.9 Å². The van der Waals surface area contributed by atoms with Crippen molar-refractivity contribution in [3.8, 4) is 0 Å². The van der Waals surface area contributed by atoms with Crippen molar-refractivity contribution in [3.63, 3.8) is 0 Å². The summed E-state index contributed by atoms with van der Waals surface area (Å²) in [4.78, 5) is 19.1. The summed E-state index contributed by atoms with van der Waals surface area (Å²) in [6, 6.07) is 9.70. The van der Waals surface area contributed by atoms with Gasteiger partial charge >= 0.3 is 5.97 Å². The van der Waals surface area contributed by atoms with Gasteiger partial charge in [-0.25, -0.2) is 4.79 Å². The van der Waals surface area contributed by atoms with Gasteiger partial charge in [-0.15, -0.1) is 0 Å². The molecule has 0 fully saturated rings. The highest BCUT2D eigenvalue weighted by atomic mass is 35.5. The van der Waals surface area contributed by atoms with Gasteiger partial charge in [0, 0.05) is 29.5 Å². The summed E-state index contributed by atoms with van der Waals surface area (Å²) in [6.45, 7) is 12.0. The molecule has 3 rings (SSSR count). The Bertz CT molecular complexity index is 981. The summed E-state index contributed by atoms with van der Waals surface area (Å²) >= 11 is 6.69. The molecule has 30 heavy (non-hydrogen) atoms. The first-order valence-corrected chi connectivity index (χ1v) is 10.9. The van der Waals surface area contributed by atoms with Crippen LogP contribution < -0.4 is 4.90 Å². The predicted molar refractivity (Wildman–Crippen MR) is 126 cm³/mol. The van der Waals surface area contributed by atoms with E-state index < -0.39 is 0 Å². The first-order valence-electron chi connectivity index (χ1n) is 10.5. The van der Waals surface area contributed by atoms with E-state index in [2.05, 4.69) is 49.7 Å². The van der Waals surface area contributed by atoms with Crippen molar-refractivity contribution in [3.05, 3.63) is 57.6 Å². The molecule has 0 bridgehead atoms. The van der Waals surface area contributed by atoms with Crippen LogP contribution in [0, 0.1) is 6.92 Å². The normalized spacial score (nSPS) is 17.8. The number of benzene rings is 2. The summed E-state index contributed by atoms with van der Waals surface area (Å²) in [5.74, 6) is 0.0840. The van der Waals surface area contributed by atoms with Gasteiger partial charge in [0.1, 0.15) is 0 Å². The molecule has 1 unspecified atom stereocenters. The zero-order chi connectivity index (χ0) is 22.1. The highest BCUT2D eigenvalue weighted by Gasteiger charge is 2.36. The monoisotopic (exact) mass is 426 g/mol. The number of rotatable bonds is 5. The molecule has 0 radical (unpaired) electrons. The number of halogens is 1. The van der Waals surface area contributed by atoms with E-state index in [-0.39, 0.29) is 11.5 Å². The second-order valence-electron chi connectivity index (χ2n) is 8.70. The van der Waals surface area contributed by atoms with E-state index in [1.165, 1.54) is 18.4 Å². The molecule has 4 nitrogen and oxygen atoms in total. The fourth-order valence-electron chi connectivity index (χ4n) is 4.50. The van der Waals surface area contributed by atoms with E-state index in [9.17, 15) is 4.79 Å². The number of esters is 1. The summed E-state index contributed by atoms with van der Waals surface area (Å²) in [5.41, 5.74) is 5.58. The van der Waals surface area contributed by atoms with Crippen LogP contribution in [0.25, 0.3) is 0 Å². The molecule has 1 heterocycles. The van der Waals surface area contributed by atoms with Gasteiger partial charge in [0.05, 0.1) is 23.4 Å². The molecule has 0 spiro atoms. The van der Waals surface area contributed by atoms with Crippen LogP contribution in [0.5, 0.6) is 0 Å². The minimum Gasteiger partial charge on any atom is -0.465 e. The lowest BCUT2D eigenvalue weighted by atomic mass is 9.79. The van der Waals surface area contributed by atoms with Gasteiger partial charge < -0.3 is 9.64 Å². The smallest absolute Gasteiger partial charge is 0.338 e. The second-order valence-corrected chi connectivity index (χ2v) is 9.11. The number of nitrogens with zero attached hydrogens (tertiary/aromatic N) is 2. The zero-order valence-electron chi connectivity index (χ0n) is 18.8. The van der Waals surface area contributed by atoms with Crippen molar-refractivity contribution in [2.75, 3.05) is 18.6 Å². The lowest BCUT2D eigenvalue weighted by Crippen LogP contribution is -2.48. The number of ether oxygens (including phenoxy) is 1. The molecule has 2 aromatic rings. The van der Waals surface area contributed by atoms with E-state index in [1.54, 1.807) is 12.3 Å². The van der Waals surface area contributed by atoms with Crippen molar-refractivity contribution in [2.45, 2.75) is 58.9 Å². The van der Waals surface area contributed by atoms with Crippen molar-refractivity contribution in [2.24, 2.45) is 4.99 Å². The van der Waals surface area contributed by atoms with Crippen LogP contribution in [0.2, 0.25) is 5.02 Å². The van der Waals surface area contributed by atoms with Gasteiger partial charge in [-0.3, -0.25) is 4.99 Å². The molecule has 1 atom stereocenters. The van der Waals surface area contributed by atoms with E-state index in [0.717, 1.165) is 36.2 Å². The average Bonchev–Trinajstić information content (AvgIpc) is 2.69. The van der Waals surface area contributed by atoms with Crippen LogP contribution >= 0.6 is 11.6 Å². The van der Waals surface area contributed by atoms with E-state index in [4.69, 9.17) is 16.3 Å². The summed E-state index contributed by atoms with van der Waals surface area (Å²) < 4.78 is 4.86. The van der Waals surface area contributed by atoms with E-state index >= 15 is 0 Å². The van der Waals surface area contributed by atoms with E-state index in [1.807, 2.05) is 19.1 Å². The Morgan fingerprint density at radius 1 is 1.37 bits per heavy atom. The number of carbonyl (C=O) groups excluding carboxylic acids is 1. The third-order valence-corrected chi connectivity index (χ3v) is 6.33. The van der Waals surface area contributed by atoms with Crippen LogP contribution in [0.4, 0.5) is 11.4 Å². The van der Waals surface area contributed by atoms with Gasteiger partial charge in [0.25, 0.3) is 0 Å². The molecule has 5 heteroatoms. The molecule has 0 aromatic heterocycles. The van der Waals surface area contributed by atoms with Crippen LogP contribution in [0.1, 0.15) is 73.5 Å². The fraction of sp³-hybridized carbons (Fsp3) is 0.440. The second kappa shape index (κ2) is 8.81. The van der Waals surface area contributed by atoms with Crippen LogP contribution in [-0.2, 0) is 4.74 Å². The number of aliphatic imine (C=N–C) groups is 1. The van der Waals surface area contributed by atoms with Gasteiger partial charge in [0.15, 0.2) is 0 Å². The lowest BCUT2D eigenvalue weighted by Gasteiger charge is -2.47. The Morgan fingerprint density at radius 2 is 2.10 bits per heavy atom. The summed E-state index contributed by atoms with van der Waals surface area (Å²) in [7, 11) is 1.38. The highest BCUT2D eigenvalue weighted by Crippen LogP contribution is 2.45. The van der Waals surface area contributed by atoms with Gasteiger partial charge in [0.2, 0.25) is 0 Å². The number of fused-ring (bicyclic) bond motifs is 1. The van der Waals surface area contributed by atoms with Crippen molar-refractivity contribution >= 4 is 35.2 Å². The molecular formula is C25H31ClN2O2. The SMILES string of the molecule is CCCN1c2cc(Cl)c(C=Nc3cccc(C(=O)OC)c3C)cc2C(C)CC1(C)C. The van der Waals surface area contributed by atoms with Crippen LogP contribution in [0.15, 0.2) is 35.3 Å². The number of carbonyl (C=O) groups is 1. The highest BCUT2D eigenvalue weighted by molar-refractivity contribution is 6.33. The van der Waals surface area contributed by atoms with Crippen molar-refractivity contribution in [1.82, 2.24) is 0 Å². The largest absolute Gasteiger partial charge is 0.465 e. The van der Waals surface area contributed by atoms with Gasteiger partial charge in [-0.1, -0.05) is 31.5 Å². The fourth-order valence-corrected chi connectivity index (χ4v) is 4.71. The van der Waals surface area contributed by atoms with Gasteiger partial charge in [-0.2, -0.15) is 0 Å². The third-order valence-electron chi connectivity index (χ3n) is 6.00. The number of hydrogen-bond donors (Lipinski definition) is 0. The first-order chi connectivity index (χ1) is 14.2. The van der Waals surface area contributed by atoms with Crippen LogP contribution in [0.3, 0.4) is 0 Å². The number of hydrogen-bond acceptors (Lipinski definition) is 4. The minimum atomic E-state index is -0.358. The first kappa shape index (κ1) is 22.4. The standard InChI is InChI=1S/C25H31ClN2O2/c1-7-11-28-23-13-21(26)18(12-20(23)16(2)14-25(28,4)5)15-27-22-10-8-9-19(17(22)3)24(29)30-6/h8-10,12-13,15-16H,7,11,14H2,1-6H3.